The van der Waals surface area contributed by atoms with E-state index in [0.29, 0.717) is 31.7 Å². The number of sulfonamides is 1. The summed E-state index contributed by atoms with van der Waals surface area (Å²) in [7, 11) is -3.60. The molecule has 2 aromatic carbocycles. The summed E-state index contributed by atoms with van der Waals surface area (Å²) in [4.78, 5) is 12.4. The number of hydrogen-bond donors (Lipinski definition) is 0. The summed E-state index contributed by atoms with van der Waals surface area (Å²) < 4.78 is 26.8. The number of piperazine rings is 1. The lowest BCUT2D eigenvalue weighted by atomic mass is 10.2. The van der Waals surface area contributed by atoms with Gasteiger partial charge in [-0.25, -0.2) is 8.42 Å². The number of anilines is 1. The average molecular weight is 372 g/mol. The van der Waals surface area contributed by atoms with Gasteiger partial charge in [-0.3, -0.25) is 10.1 Å². The second-order valence-electron chi connectivity index (χ2n) is 5.80. The highest BCUT2D eigenvalue weighted by Crippen LogP contribution is 2.23. The summed E-state index contributed by atoms with van der Waals surface area (Å²) in [6.45, 7) is 1.62. The van der Waals surface area contributed by atoms with Crippen LogP contribution in [0.25, 0.3) is 0 Å². The Morgan fingerprint density at radius 1 is 0.962 bits per heavy atom. The van der Waals surface area contributed by atoms with E-state index in [-0.39, 0.29) is 10.6 Å². The SMILES string of the molecule is N#Cc1ccc(S(=O)(=O)N2CCN(c3ccc([N+](=O)[O-])cc3)CC2)cc1. The first kappa shape index (κ1) is 17.8. The van der Waals surface area contributed by atoms with Crippen LogP contribution in [0, 0.1) is 21.4 Å². The first-order chi connectivity index (χ1) is 12.4. The van der Waals surface area contributed by atoms with Gasteiger partial charge < -0.3 is 4.90 Å². The van der Waals surface area contributed by atoms with E-state index in [1.54, 1.807) is 12.1 Å². The Morgan fingerprint density at radius 2 is 1.54 bits per heavy atom. The number of nitro benzene ring substituents is 1. The Labute approximate surface area is 151 Å². The first-order valence-corrected chi connectivity index (χ1v) is 9.35. The summed E-state index contributed by atoms with van der Waals surface area (Å²) >= 11 is 0. The van der Waals surface area contributed by atoms with Gasteiger partial charge in [-0.05, 0) is 36.4 Å². The van der Waals surface area contributed by atoms with Crippen LogP contribution in [0.15, 0.2) is 53.4 Å². The van der Waals surface area contributed by atoms with E-state index in [0.717, 1.165) is 5.69 Å². The van der Waals surface area contributed by atoms with Gasteiger partial charge in [0.1, 0.15) is 0 Å². The maximum atomic E-state index is 12.7. The number of benzene rings is 2. The molecule has 0 atom stereocenters. The lowest BCUT2D eigenvalue weighted by Gasteiger charge is -2.35. The van der Waals surface area contributed by atoms with E-state index >= 15 is 0 Å². The second kappa shape index (κ2) is 7.11. The van der Waals surface area contributed by atoms with Gasteiger partial charge in [-0.1, -0.05) is 0 Å². The normalized spacial score (nSPS) is 15.4. The lowest BCUT2D eigenvalue weighted by molar-refractivity contribution is -0.384. The molecule has 26 heavy (non-hydrogen) atoms. The molecule has 0 bridgehead atoms. The quantitative estimate of drug-likeness (QED) is 0.600. The van der Waals surface area contributed by atoms with Crippen LogP contribution in [0.5, 0.6) is 0 Å². The smallest absolute Gasteiger partial charge is 0.269 e. The average Bonchev–Trinajstić information content (AvgIpc) is 2.68. The Hall–Kier alpha value is -2.96. The molecule has 3 rings (SSSR count). The highest BCUT2D eigenvalue weighted by molar-refractivity contribution is 7.89. The summed E-state index contributed by atoms with van der Waals surface area (Å²) in [5, 5.41) is 19.5. The standard InChI is InChI=1S/C17H16N4O4S/c18-13-14-1-7-17(8-2-14)26(24,25)20-11-9-19(10-12-20)15-3-5-16(6-4-15)21(22)23/h1-8H,9-12H2. The van der Waals surface area contributed by atoms with Crippen molar-refractivity contribution in [1.29, 1.82) is 5.26 Å². The van der Waals surface area contributed by atoms with Crippen molar-refractivity contribution in [1.82, 2.24) is 4.31 Å². The molecular weight excluding hydrogens is 356 g/mol. The summed E-state index contributed by atoms with van der Waals surface area (Å²) in [6, 6.07) is 14.0. The highest BCUT2D eigenvalue weighted by atomic mass is 32.2. The zero-order valence-corrected chi connectivity index (χ0v) is 14.6. The molecular formula is C17H16N4O4S. The van der Waals surface area contributed by atoms with E-state index < -0.39 is 14.9 Å². The Kier molecular flexibility index (Phi) is 4.88. The molecule has 134 valence electrons. The van der Waals surface area contributed by atoms with E-state index in [9.17, 15) is 18.5 Å². The zero-order valence-electron chi connectivity index (χ0n) is 13.8. The van der Waals surface area contributed by atoms with Crippen LogP contribution in [0.4, 0.5) is 11.4 Å². The van der Waals surface area contributed by atoms with Crippen molar-refractivity contribution in [2.45, 2.75) is 4.90 Å². The van der Waals surface area contributed by atoms with Gasteiger partial charge in [0.05, 0.1) is 21.5 Å². The molecule has 0 spiro atoms. The van der Waals surface area contributed by atoms with Crippen LogP contribution in [0.3, 0.4) is 0 Å². The van der Waals surface area contributed by atoms with Gasteiger partial charge in [0.15, 0.2) is 0 Å². The van der Waals surface area contributed by atoms with Crippen LogP contribution in [0.1, 0.15) is 5.56 Å². The van der Waals surface area contributed by atoms with Crippen LogP contribution in [-0.2, 0) is 10.0 Å². The summed E-state index contributed by atoms with van der Waals surface area (Å²) in [5.74, 6) is 0. The maximum absolute atomic E-state index is 12.7. The minimum absolute atomic E-state index is 0.0239. The van der Waals surface area contributed by atoms with Gasteiger partial charge >= 0.3 is 0 Å². The topological polar surface area (TPSA) is 108 Å². The fourth-order valence-electron chi connectivity index (χ4n) is 2.82. The van der Waals surface area contributed by atoms with Gasteiger partial charge in [0.2, 0.25) is 10.0 Å². The molecule has 8 nitrogen and oxygen atoms in total. The molecule has 1 fully saturated rings. The van der Waals surface area contributed by atoms with E-state index in [4.69, 9.17) is 5.26 Å². The third-order valence-electron chi connectivity index (χ3n) is 4.29. The van der Waals surface area contributed by atoms with E-state index in [2.05, 4.69) is 0 Å². The molecule has 0 unspecified atom stereocenters. The number of hydrogen-bond acceptors (Lipinski definition) is 6. The number of non-ortho nitro benzene ring substituents is 1. The summed E-state index contributed by atoms with van der Waals surface area (Å²) in [5.41, 5.74) is 1.26. The molecule has 1 aliphatic rings. The third-order valence-corrected chi connectivity index (χ3v) is 6.20. The number of nitriles is 1. The molecule has 9 heteroatoms. The van der Waals surface area contributed by atoms with Gasteiger partial charge in [0, 0.05) is 44.0 Å². The lowest BCUT2D eigenvalue weighted by Crippen LogP contribution is -2.48. The van der Waals surface area contributed by atoms with Gasteiger partial charge in [-0.15, -0.1) is 0 Å². The maximum Gasteiger partial charge on any atom is 0.269 e. The summed E-state index contributed by atoms with van der Waals surface area (Å²) in [6.07, 6.45) is 0. The molecule has 0 saturated carbocycles. The van der Waals surface area contributed by atoms with Crippen LogP contribution < -0.4 is 4.90 Å². The van der Waals surface area contributed by atoms with Crippen molar-refractivity contribution in [3.63, 3.8) is 0 Å². The fraction of sp³-hybridized carbons (Fsp3) is 0.235. The number of rotatable bonds is 4. The zero-order chi connectivity index (χ0) is 18.7. The number of nitrogens with zero attached hydrogens (tertiary/aromatic N) is 4. The van der Waals surface area contributed by atoms with Crippen molar-refractivity contribution in [3.8, 4) is 6.07 Å². The monoisotopic (exact) mass is 372 g/mol. The van der Waals surface area contributed by atoms with E-state index in [1.807, 2.05) is 11.0 Å². The molecule has 0 radical (unpaired) electrons. The predicted octanol–water partition coefficient (Wildman–Crippen LogP) is 1.98. The van der Waals surface area contributed by atoms with Crippen molar-refractivity contribution in [2.24, 2.45) is 0 Å². The Morgan fingerprint density at radius 3 is 2.04 bits per heavy atom. The molecule has 0 amide bonds. The van der Waals surface area contributed by atoms with Crippen molar-refractivity contribution in [2.75, 3.05) is 31.1 Å². The second-order valence-corrected chi connectivity index (χ2v) is 7.74. The van der Waals surface area contributed by atoms with Crippen molar-refractivity contribution < 1.29 is 13.3 Å². The Bertz CT molecular complexity index is 942. The minimum atomic E-state index is -3.60. The van der Waals surface area contributed by atoms with Gasteiger partial charge in [-0.2, -0.15) is 9.57 Å². The van der Waals surface area contributed by atoms with Crippen molar-refractivity contribution in [3.05, 3.63) is 64.2 Å². The van der Waals surface area contributed by atoms with Crippen LogP contribution >= 0.6 is 0 Å². The molecule has 1 aliphatic heterocycles. The third kappa shape index (κ3) is 3.51. The first-order valence-electron chi connectivity index (χ1n) is 7.91. The van der Waals surface area contributed by atoms with Crippen LogP contribution in [-0.4, -0.2) is 43.8 Å². The molecule has 0 N–H and O–H groups in total. The van der Waals surface area contributed by atoms with Crippen LogP contribution in [0.2, 0.25) is 0 Å². The Balaban J connectivity index is 1.69. The van der Waals surface area contributed by atoms with Crippen molar-refractivity contribution >= 4 is 21.4 Å². The largest absolute Gasteiger partial charge is 0.369 e. The fourth-order valence-corrected chi connectivity index (χ4v) is 4.24. The molecule has 1 heterocycles. The molecule has 2 aromatic rings. The van der Waals surface area contributed by atoms with E-state index in [1.165, 1.54) is 40.7 Å². The molecule has 1 saturated heterocycles. The molecule has 0 aliphatic carbocycles. The highest BCUT2D eigenvalue weighted by Gasteiger charge is 2.28. The molecule has 0 aromatic heterocycles. The predicted molar refractivity (Wildman–Crippen MR) is 95.2 cm³/mol. The van der Waals surface area contributed by atoms with Gasteiger partial charge in [0.25, 0.3) is 5.69 Å². The number of nitro groups is 1. The minimum Gasteiger partial charge on any atom is -0.369 e.